The Morgan fingerprint density at radius 2 is 1.72 bits per heavy atom. The van der Waals surface area contributed by atoms with Crippen molar-refractivity contribution in [2.75, 3.05) is 20.2 Å². The lowest BCUT2D eigenvalue weighted by molar-refractivity contribution is 0.0731. The number of carbonyl (C=O) groups is 1. The van der Waals surface area contributed by atoms with E-state index in [2.05, 4.69) is 0 Å². The van der Waals surface area contributed by atoms with Gasteiger partial charge in [-0.15, -0.1) is 0 Å². The second-order valence-electron chi connectivity index (χ2n) is 8.14. The van der Waals surface area contributed by atoms with Gasteiger partial charge in [0, 0.05) is 18.7 Å². The normalized spacial score (nSPS) is 15.3. The first-order valence-corrected chi connectivity index (χ1v) is 11.1. The second kappa shape index (κ2) is 8.16. The van der Waals surface area contributed by atoms with Gasteiger partial charge in [0.2, 0.25) is 10.0 Å². The van der Waals surface area contributed by atoms with Crippen LogP contribution in [0.2, 0.25) is 0 Å². The fourth-order valence-corrected chi connectivity index (χ4v) is 4.89. The molecule has 1 aliphatic rings. The molecule has 1 aliphatic heterocycles. The smallest absolute Gasteiger partial charge is 0.343 e. The maximum absolute atomic E-state index is 12.8. The Labute approximate surface area is 172 Å². The number of carbonyl (C=O) groups excluding carboxylic acids is 1. The molecule has 0 spiro atoms. The SMILES string of the molecule is COc1ccc(OC(=O)c2cccc(S(=O)(=O)N3CCCC3)c2)c(C(C)(C)C)c1. The van der Waals surface area contributed by atoms with E-state index in [4.69, 9.17) is 9.47 Å². The van der Waals surface area contributed by atoms with Gasteiger partial charge in [-0.3, -0.25) is 0 Å². The molecule has 0 aromatic heterocycles. The van der Waals surface area contributed by atoms with E-state index in [1.54, 1.807) is 31.4 Å². The van der Waals surface area contributed by atoms with Crippen molar-refractivity contribution in [3.8, 4) is 11.5 Å². The van der Waals surface area contributed by atoms with Gasteiger partial charge < -0.3 is 9.47 Å². The van der Waals surface area contributed by atoms with Crippen LogP contribution in [-0.2, 0) is 15.4 Å². The summed E-state index contributed by atoms with van der Waals surface area (Å²) in [5, 5.41) is 0. The number of methoxy groups -OCH3 is 1. The molecule has 1 heterocycles. The van der Waals surface area contributed by atoms with Crippen LogP contribution in [0.25, 0.3) is 0 Å². The molecule has 0 bridgehead atoms. The van der Waals surface area contributed by atoms with Crippen LogP contribution in [0.1, 0.15) is 49.5 Å². The highest BCUT2D eigenvalue weighted by Crippen LogP contribution is 2.35. The van der Waals surface area contributed by atoms with Crippen LogP contribution < -0.4 is 9.47 Å². The Hall–Kier alpha value is -2.38. The van der Waals surface area contributed by atoms with Gasteiger partial charge in [-0.1, -0.05) is 26.8 Å². The molecule has 0 unspecified atom stereocenters. The third kappa shape index (κ3) is 4.62. The molecule has 2 aromatic carbocycles. The van der Waals surface area contributed by atoms with E-state index in [1.165, 1.54) is 16.4 Å². The van der Waals surface area contributed by atoms with Gasteiger partial charge >= 0.3 is 5.97 Å². The average Bonchev–Trinajstić information content (AvgIpc) is 3.23. The van der Waals surface area contributed by atoms with Gasteiger partial charge in [-0.2, -0.15) is 4.31 Å². The summed E-state index contributed by atoms with van der Waals surface area (Å²) in [6.07, 6.45) is 1.71. The zero-order chi connectivity index (χ0) is 21.2. The molecule has 1 saturated heterocycles. The van der Waals surface area contributed by atoms with Crippen LogP contribution in [0.5, 0.6) is 11.5 Å². The molecular weight excluding hydrogens is 390 g/mol. The van der Waals surface area contributed by atoms with Crippen molar-refractivity contribution >= 4 is 16.0 Å². The molecule has 0 N–H and O–H groups in total. The number of hydrogen-bond acceptors (Lipinski definition) is 5. The lowest BCUT2D eigenvalue weighted by atomic mass is 9.86. The fourth-order valence-electron chi connectivity index (χ4n) is 3.33. The maximum Gasteiger partial charge on any atom is 0.343 e. The third-order valence-electron chi connectivity index (χ3n) is 4.97. The third-order valence-corrected chi connectivity index (χ3v) is 6.86. The van der Waals surface area contributed by atoms with E-state index < -0.39 is 16.0 Å². The largest absolute Gasteiger partial charge is 0.497 e. The zero-order valence-electron chi connectivity index (χ0n) is 17.3. The van der Waals surface area contributed by atoms with Crippen LogP contribution in [0.4, 0.5) is 0 Å². The number of nitrogens with zero attached hydrogens (tertiary/aromatic N) is 1. The molecule has 0 radical (unpaired) electrons. The first-order valence-electron chi connectivity index (χ1n) is 9.64. The molecule has 0 atom stereocenters. The zero-order valence-corrected chi connectivity index (χ0v) is 18.1. The monoisotopic (exact) mass is 417 g/mol. The Kier molecular flexibility index (Phi) is 6.00. The Morgan fingerprint density at radius 3 is 2.34 bits per heavy atom. The summed E-state index contributed by atoms with van der Waals surface area (Å²) < 4.78 is 38.0. The van der Waals surface area contributed by atoms with E-state index in [0.29, 0.717) is 24.6 Å². The van der Waals surface area contributed by atoms with Crippen LogP contribution in [0.15, 0.2) is 47.4 Å². The highest BCUT2D eigenvalue weighted by atomic mass is 32.2. The average molecular weight is 418 g/mol. The molecule has 156 valence electrons. The Morgan fingerprint density at radius 1 is 1.03 bits per heavy atom. The summed E-state index contributed by atoms with van der Waals surface area (Å²) >= 11 is 0. The summed E-state index contributed by atoms with van der Waals surface area (Å²) in [7, 11) is -2.02. The topological polar surface area (TPSA) is 72.9 Å². The van der Waals surface area contributed by atoms with E-state index in [-0.39, 0.29) is 15.9 Å². The number of ether oxygens (including phenoxy) is 2. The van der Waals surface area contributed by atoms with Crippen molar-refractivity contribution in [3.63, 3.8) is 0 Å². The molecule has 0 amide bonds. The number of esters is 1. The summed E-state index contributed by atoms with van der Waals surface area (Å²) in [4.78, 5) is 12.9. The number of hydrogen-bond donors (Lipinski definition) is 0. The molecular formula is C22H27NO5S. The fraction of sp³-hybridized carbons (Fsp3) is 0.409. The van der Waals surface area contributed by atoms with Crippen molar-refractivity contribution in [3.05, 3.63) is 53.6 Å². The van der Waals surface area contributed by atoms with Gasteiger partial charge in [0.15, 0.2) is 0 Å². The van der Waals surface area contributed by atoms with Crippen molar-refractivity contribution < 1.29 is 22.7 Å². The predicted molar refractivity (Wildman–Crippen MR) is 111 cm³/mol. The Balaban J connectivity index is 1.89. The lowest BCUT2D eigenvalue weighted by Crippen LogP contribution is -2.28. The number of benzene rings is 2. The van der Waals surface area contributed by atoms with Crippen LogP contribution in [0.3, 0.4) is 0 Å². The van der Waals surface area contributed by atoms with Crippen molar-refractivity contribution in [2.45, 2.75) is 43.9 Å². The number of rotatable bonds is 5. The molecule has 7 heteroatoms. The first-order chi connectivity index (χ1) is 13.6. The van der Waals surface area contributed by atoms with E-state index in [0.717, 1.165) is 18.4 Å². The summed E-state index contributed by atoms with van der Waals surface area (Å²) in [5.41, 5.74) is 0.748. The van der Waals surface area contributed by atoms with E-state index in [1.807, 2.05) is 26.8 Å². The standard InChI is InChI=1S/C22H27NO5S/c1-22(2,3)19-15-17(27-4)10-11-20(19)28-21(24)16-8-7-9-18(14-16)29(25,26)23-12-5-6-13-23/h7-11,14-15H,5-6,12-13H2,1-4H3. The minimum atomic E-state index is -3.60. The van der Waals surface area contributed by atoms with Crippen molar-refractivity contribution in [1.82, 2.24) is 4.31 Å². The summed E-state index contributed by atoms with van der Waals surface area (Å²) in [6.45, 7) is 7.07. The first kappa shape index (κ1) is 21.3. The molecule has 0 aliphatic carbocycles. The number of sulfonamides is 1. The van der Waals surface area contributed by atoms with Gasteiger partial charge in [-0.25, -0.2) is 13.2 Å². The molecule has 6 nitrogen and oxygen atoms in total. The van der Waals surface area contributed by atoms with Crippen LogP contribution in [-0.4, -0.2) is 38.9 Å². The van der Waals surface area contributed by atoms with Gasteiger partial charge in [0.05, 0.1) is 17.6 Å². The summed E-state index contributed by atoms with van der Waals surface area (Å²) in [5.74, 6) is 0.503. The molecule has 2 aromatic rings. The lowest BCUT2D eigenvalue weighted by Gasteiger charge is -2.23. The molecule has 29 heavy (non-hydrogen) atoms. The predicted octanol–water partition coefficient (Wildman–Crippen LogP) is 4.00. The van der Waals surface area contributed by atoms with Crippen molar-refractivity contribution in [2.24, 2.45) is 0 Å². The molecule has 3 rings (SSSR count). The minimum Gasteiger partial charge on any atom is -0.497 e. The van der Waals surface area contributed by atoms with Crippen LogP contribution >= 0.6 is 0 Å². The minimum absolute atomic E-state index is 0.111. The summed E-state index contributed by atoms with van der Waals surface area (Å²) in [6, 6.07) is 11.3. The maximum atomic E-state index is 12.8. The molecule has 1 fully saturated rings. The quantitative estimate of drug-likeness (QED) is 0.543. The van der Waals surface area contributed by atoms with Gasteiger partial charge in [-0.05, 0) is 54.7 Å². The van der Waals surface area contributed by atoms with E-state index >= 15 is 0 Å². The van der Waals surface area contributed by atoms with Crippen molar-refractivity contribution in [1.29, 1.82) is 0 Å². The molecule has 0 saturated carbocycles. The van der Waals surface area contributed by atoms with Gasteiger partial charge in [0.25, 0.3) is 0 Å². The van der Waals surface area contributed by atoms with Crippen LogP contribution in [0, 0.1) is 0 Å². The van der Waals surface area contributed by atoms with E-state index in [9.17, 15) is 13.2 Å². The Bertz CT molecular complexity index is 1000. The second-order valence-corrected chi connectivity index (χ2v) is 10.1. The van der Waals surface area contributed by atoms with Gasteiger partial charge in [0.1, 0.15) is 11.5 Å². The highest BCUT2D eigenvalue weighted by Gasteiger charge is 2.28. The highest BCUT2D eigenvalue weighted by molar-refractivity contribution is 7.89.